The predicted molar refractivity (Wildman–Crippen MR) is 122 cm³/mol. The van der Waals surface area contributed by atoms with Crippen molar-refractivity contribution < 1.29 is 9.59 Å². The molecule has 2 amide bonds. The van der Waals surface area contributed by atoms with Crippen LogP contribution in [0, 0.1) is 0 Å². The molecule has 154 valence electrons. The fraction of sp³-hybridized carbons (Fsp3) is 0.231. The number of Topliss-reactive ketones (excluding diaryl/α,β-unsaturated/α-hetero) is 1. The summed E-state index contributed by atoms with van der Waals surface area (Å²) in [5.41, 5.74) is 3.71. The quantitative estimate of drug-likeness (QED) is 0.432. The fourth-order valence-electron chi connectivity index (χ4n) is 3.54. The minimum Gasteiger partial charge on any atom is -0.338 e. The number of carbonyl (C=O) groups excluding carboxylic acids is 2. The second-order valence-corrected chi connectivity index (χ2v) is 7.30. The van der Waals surface area contributed by atoms with Gasteiger partial charge in [-0.3, -0.25) is 4.79 Å². The molecule has 3 aromatic carbocycles. The van der Waals surface area contributed by atoms with Crippen molar-refractivity contribution in [2.75, 3.05) is 11.9 Å². The normalized spacial score (nSPS) is 10.6. The van der Waals surface area contributed by atoms with Gasteiger partial charge in [0.15, 0.2) is 5.78 Å². The van der Waals surface area contributed by atoms with E-state index in [1.165, 1.54) is 11.1 Å². The van der Waals surface area contributed by atoms with Crippen LogP contribution in [0.4, 0.5) is 10.5 Å². The van der Waals surface area contributed by atoms with E-state index in [1.54, 1.807) is 24.3 Å². The van der Waals surface area contributed by atoms with Gasteiger partial charge in [0.2, 0.25) is 0 Å². The minimum atomic E-state index is -0.269. The predicted octanol–water partition coefficient (Wildman–Crippen LogP) is 6.01. The molecule has 0 aromatic heterocycles. The molecule has 0 aliphatic carbocycles. The molecule has 0 fully saturated rings. The SMILES string of the molecule is CCCC(=O)c1cccc(NC(=O)NCCC(c2ccccc2)c2ccccc2)c1. The number of carbonyl (C=O) groups is 2. The molecule has 2 N–H and O–H groups in total. The summed E-state index contributed by atoms with van der Waals surface area (Å²) in [6, 6.07) is 27.5. The molecular formula is C26H28N2O2. The van der Waals surface area contributed by atoms with Crippen LogP contribution in [-0.4, -0.2) is 18.4 Å². The Kier molecular flexibility index (Phi) is 7.78. The summed E-state index contributed by atoms with van der Waals surface area (Å²) < 4.78 is 0. The number of rotatable bonds is 9. The first kappa shape index (κ1) is 21.3. The molecule has 0 spiro atoms. The van der Waals surface area contributed by atoms with Gasteiger partial charge in [0.1, 0.15) is 0 Å². The molecular weight excluding hydrogens is 372 g/mol. The van der Waals surface area contributed by atoms with Gasteiger partial charge >= 0.3 is 6.03 Å². The van der Waals surface area contributed by atoms with Crippen molar-refractivity contribution in [1.29, 1.82) is 0 Å². The van der Waals surface area contributed by atoms with Gasteiger partial charge in [-0.2, -0.15) is 0 Å². The molecule has 30 heavy (non-hydrogen) atoms. The standard InChI is InChI=1S/C26H28N2O2/c1-2-10-25(29)22-15-9-16-23(19-22)28-26(30)27-18-17-24(20-11-5-3-6-12-20)21-13-7-4-8-14-21/h3-9,11-16,19,24H,2,10,17-18H2,1H3,(H2,27,28,30). The number of urea groups is 1. The lowest BCUT2D eigenvalue weighted by Gasteiger charge is -2.18. The number of anilines is 1. The second kappa shape index (κ2) is 11.0. The Bertz CT molecular complexity index is 916. The highest BCUT2D eigenvalue weighted by molar-refractivity contribution is 5.98. The van der Waals surface area contributed by atoms with Crippen molar-refractivity contribution in [2.24, 2.45) is 0 Å². The van der Waals surface area contributed by atoms with E-state index >= 15 is 0 Å². The van der Waals surface area contributed by atoms with E-state index in [1.807, 2.05) is 43.3 Å². The number of amides is 2. The molecule has 0 saturated heterocycles. The van der Waals surface area contributed by atoms with Crippen molar-refractivity contribution in [3.8, 4) is 0 Å². The molecule has 0 radical (unpaired) electrons. The first-order chi connectivity index (χ1) is 14.7. The van der Waals surface area contributed by atoms with Crippen LogP contribution in [0.3, 0.4) is 0 Å². The molecule has 0 aliphatic heterocycles. The van der Waals surface area contributed by atoms with E-state index in [9.17, 15) is 9.59 Å². The highest BCUT2D eigenvalue weighted by atomic mass is 16.2. The molecule has 0 saturated carbocycles. The molecule has 0 heterocycles. The van der Waals surface area contributed by atoms with Crippen LogP contribution in [0.5, 0.6) is 0 Å². The van der Waals surface area contributed by atoms with Crippen LogP contribution in [0.15, 0.2) is 84.9 Å². The number of nitrogens with one attached hydrogen (secondary N) is 2. The fourth-order valence-corrected chi connectivity index (χ4v) is 3.54. The summed E-state index contributed by atoms with van der Waals surface area (Å²) in [6.45, 7) is 2.51. The third kappa shape index (κ3) is 6.05. The highest BCUT2D eigenvalue weighted by Crippen LogP contribution is 2.27. The number of hydrogen-bond acceptors (Lipinski definition) is 2. The van der Waals surface area contributed by atoms with E-state index in [2.05, 4.69) is 34.9 Å². The summed E-state index contributed by atoms with van der Waals surface area (Å²) in [7, 11) is 0. The zero-order valence-electron chi connectivity index (χ0n) is 17.3. The minimum absolute atomic E-state index is 0.0927. The average molecular weight is 401 g/mol. The van der Waals surface area contributed by atoms with Gasteiger partial charge in [-0.05, 0) is 36.1 Å². The first-order valence-corrected chi connectivity index (χ1v) is 10.5. The maximum atomic E-state index is 12.4. The summed E-state index contributed by atoms with van der Waals surface area (Å²) in [5, 5.41) is 5.77. The summed E-state index contributed by atoms with van der Waals surface area (Å²) >= 11 is 0. The van der Waals surface area contributed by atoms with Crippen molar-refractivity contribution in [1.82, 2.24) is 5.32 Å². The lowest BCUT2D eigenvalue weighted by atomic mass is 9.88. The lowest BCUT2D eigenvalue weighted by Crippen LogP contribution is -2.30. The summed E-state index contributed by atoms with van der Waals surface area (Å²) in [5.74, 6) is 0.304. The van der Waals surface area contributed by atoms with Crippen LogP contribution in [0.2, 0.25) is 0 Å². The van der Waals surface area contributed by atoms with E-state index < -0.39 is 0 Å². The van der Waals surface area contributed by atoms with E-state index in [4.69, 9.17) is 0 Å². The molecule has 0 unspecified atom stereocenters. The lowest BCUT2D eigenvalue weighted by molar-refractivity contribution is 0.0981. The smallest absolute Gasteiger partial charge is 0.319 e. The van der Waals surface area contributed by atoms with Gasteiger partial charge in [0.25, 0.3) is 0 Å². The molecule has 4 nitrogen and oxygen atoms in total. The van der Waals surface area contributed by atoms with Gasteiger partial charge in [-0.1, -0.05) is 79.7 Å². The van der Waals surface area contributed by atoms with E-state index in [0.29, 0.717) is 24.2 Å². The first-order valence-electron chi connectivity index (χ1n) is 10.5. The molecule has 3 rings (SSSR count). The molecule has 3 aromatic rings. The van der Waals surface area contributed by atoms with Crippen LogP contribution in [0.25, 0.3) is 0 Å². The maximum Gasteiger partial charge on any atom is 0.319 e. The van der Waals surface area contributed by atoms with E-state index in [-0.39, 0.29) is 17.7 Å². The Balaban J connectivity index is 1.58. The average Bonchev–Trinajstić information content (AvgIpc) is 2.78. The number of ketones is 1. The van der Waals surface area contributed by atoms with Crippen LogP contribution < -0.4 is 10.6 Å². The van der Waals surface area contributed by atoms with Crippen molar-refractivity contribution in [2.45, 2.75) is 32.1 Å². The third-order valence-corrected chi connectivity index (χ3v) is 5.04. The van der Waals surface area contributed by atoms with Gasteiger partial charge in [0.05, 0.1) is 0 Å². The monoisotopic (exact) mass is 400 g/mol. The van der Waals surface area contributed by atoms with Gasteiger partial charge in [-0.25, -0.2) is 4.79 Å². The molecule has 0 bridgehead atoms. The van der Waals surface area contributed by atoms with Crippen LogP contribution in [-0.2, 0) is 0 Å². The molecule has 0 atom stereocenters. The Morgan fingerprint density at radius 2 is 1.47 bits per heavy atom. The van der Waals surface area contributed by atoms with Crippen molar-refractivity contribution in [3.05, 3.63) is 102 Å². The zero-order valence-corrected chi connectivity index (χ0v) is 17.3. The summed E-state index contributed by atoms with van der Waals surface area (Å²) in [4.78, 5) is 24.4. The van der Waals surface area contributed by atoms with Crippen molar-refractivity contribution in [3.63, 3.8) is 0 Å². The molecule has 0 aliphatic rings. The number of hydrogen-bond donors (Lipinski definition) is 2. The van der Waals surface area contributed by atoms with E-state index in [0.717, 1.165) is 12.8 Å². The van der Waals surface area contributed by atoms with Gasteiger partial charge in [0, 0.05) is 30.1 Å². The van der Waals surface area contributed by atoms with Gasteiger partial charge < -0.3 is 10.6 Å². The second-order valence-electron chi connectivity index (χ2n) is 7.30. The zero-order chi connectivity index (χ0) is 21.2. The van der Waals surface area contributed by atoms with Crippen molar-refractivity contribution >= 4 is 17.5 Å². The van der Waals surface area contributed by atoms with Crippen LogP contribution >= 0.6 is 0 Å². The Morgan fingerprint density at radius 3 is 2.07 bits per heavy atom. The highest BCUT2D eigenvalue weighted by Gasteiger charge is 2.14. The third-order valence-electron chi connectivity index (χ3n) is 5.04. The maximum absolute atomic E-state index is 12.4. The summed E-state index contributed by atoms with van der Waals surface area (Å²) in [6.07, 6.45) is 2.10. The Labute approximate surface area is 178 Å². The number of benzene rings is 3. The van der Waals surface area contributed by atoms with Gasteiger partial charge in [-0.15, -0.1) is 0 Å². The van der Waals surface area contributed by atoms with Crippen LogP contribution in [0.1, 0.15) is 53.6 Å². The topological polar surface area (TPSA) is 58.2 Å². The Morgan fingerprint density at radius 1 is 0.833 bits per heavy atom. The Hall–Kier alpha value is -3.40. The molecule has 4 heteroatoms. The largest absolute Gasteiger partial charge is 0.338 e.